The molecule has 0 bridgehead atoms. The molecule has 2 aromatic carbocycles. The quantitative estimate of drug-likeness (QED) is 0.663. The number of piperazine rings is 1. The van der Waals surface area contributed by atoms with Crippen LogP contribution in [0.2, 0.25) is 0 Å². The highest BCUT2D eigenvalue weighted by molar-refractivity contribution is 5.73. The van der Waals surface area contributed by atoms with Gasteiger partial charge in [-0.15, -0.1) is 0 Å². The number of anilines is 1. The van der Waals surface area contributed by atoms with Crippen LogP contribution in [0.15, 0.2) is 85.2 Å². The molecule has 2 heterocycles. The van der Waals surface area contributed by atoms with Gasteiger partial charge in [-0.2, -0.15) is 5.26 Å². The minimum absolute atomic E-state index is 0.101. The van der Waals surface area contributed by atoms with Crippen LogP contribution in [0.1, 0.15) is 24.1 Å². The predicted octanol–water partition coefficient (Wildman–Crippen LogP) is 4.11. The van der Waals surface area contributed by atoms with Crippen LogP contribution in [0.3, 0.4) is 0 Å². The summed E-state index contributed by atoms with van der Waals surface area (Å²) in [5, 5.41) is 12.7. The lowest BCUT2D eigenvalue weighted by Crippen LogP contribution is -2.48. The summed E-state index contributed by atoms with van der Waals surface area (Å²) >= 11 is 0. The largest absolute Gasteiger partial charge is 0.381 e. The molecule has 1 aliphatic heterocycles. The number of benzene rings is 2. The van der Waals surface area contributed by atoms with E-state index in [2.05, 4.69) is 57.7 Å². The highest BCUT2D eigenvalue weighted by atomic mass is 16.2. The Kier molecular flexibility index (Phi) is 8.79. The first kappa shape index (κ1) is 23.0. The van der Waals surface area contributed by atoms with Crippen molar-refractivity contribution in [3.63, 3.8) is 0 Å². The molecule has 1 atom stereocenters. The van der Waals surface area contributed by atoms with Crippen LogP contribution < -0.4 is 5.32 Å². The molecule has 0 radical (unpaired) electrons. The smallest absolute Gasteiger partial charge is 0.219 e. The fraction of sp³-hybridized carbons (Fsp3) is 0.269. The summed E-state index contributed by atoms with van der Waals surface area (Å²) in [6, 6.07) is 26.4. The third-order valence-electron chi connectivity index (χ3n) is 5.36. The van der Waals surface area contributed by atoms with Crippen molar-refractivity contribution in [1.29, 1.82) is 5.26 Å². The van der Waals surface area contributed by atoms with Crippen molar-refractivity contribution in [3.8, 4) is 6.07 Å². The Morgan fingerprint density at radius 2 is 1.66 bits per heavy atom. The topological polar surface area (TPSA) is 72.3 Å². The lowest BCUT2D eigenvalue weighted by molar-refractivity contribution is -0.130. The van der Waals surface area contributed by atoms with E-state index < -0.39 is 0 Å². The van der Waals surface area contributed by atoms with Crippen LogP contribution in [0.4, 0.5) is 5.69 Å². The zero-order valence-electron chi connectivity index (χ0n) is 18.4. The monoisotopic (exact) mass is 427 g/mol. The maximum absolute atomic E-state index is 11.2. The number of nitriles is 1. The van der Waals surface area contributed by atoms with Gasteiger partial charge in [-0.25, -0.2) is 0 Å². The Balaban J connectivity index is 0.000000186. The number of hydrogen-bond acceptors (Lipinski definition) is 5. The Bertz CT molecular complexity index is 941. The van der Waals surface area contributed by atoms with Gasteiger partial charge in [0.1, 0.15) is 6.04 Å². The number of rotatable bonds is 5. The number of carbonyl (C=O) groups excluding carboxylic acids is 1. The number of amides is 1. The second-order valence-corrected chi connectivity index (χ2v) is 7.57. The molecule has 164 valence electrons. The van der Waals surface area contributed by atoms with Gasteiger partial charge in [-0.05, 0) is 23.8 Å². The highest BCUT2D eigenvalue weighted by Gasteiger charge is 2.25. The Hall–Kier alpha value is -3.69. The molecular formula is C26H29N5O. The Labute approximate surface area is 190 Å². The van der Waals surface area contributed by atoms with Crippen molar-refractivity contribution in [2.45, 2.75) is 19.5 Å². The van der Waals surface area contributed by atoms with Gasteiger partial charge in [0.05, 0.1) is 6.07 Å². The first-order valence-electron chi connectivity index (χ1n) is 10.8. The maximum atomic E-state index is 11.2. The minimum Gasteiger partial charge on any atom is -0.381 e. The molecule has 32 heavy (non-hydrogen) atoms. The van der Waals surface area contributed by atoms with Gasteiger partial charge < -0.3 is 10.2 Å². The summed E-state index contributed by atoms with van der Waals surface area (Å²) in [6.45, 7) is 5.30. The van der Waals surface area contributed by atoms with Crippen molar-refractivity contribution >= 4 is 11.6 Å². The third-order valence-corrected chi connectivity index (χ3v) is 5.36. The fourth-order valence-corrected chi connectivity index (χ4v) is 3.56. The number of para-hydroxylation sites is 1. The predicted molar refractivity (Wildman–Crippen MR) is 127 cm³/mol. The second kappa shape index (κ2) is 12.2. The first-order chi connectivity index (χ1) is 15.7. The molecule has 1 fully saturated rings. The summed E-state index contributed by atoms with van der Waals surface area (Å²) in [7, 11) is 0. The van der Waals surface area contributed by atoms with Crippen molar-refractivity contribution in [2.75, 3.05) is 31.5 Å². The third kappa shape index (κ3) is 6.93. The molecule has 0 spiro atoms. The van der Waals surface area contributed by atoms with Gasteiger partial charge in [-0.1, -0.05) is 54.6 Å². The van der Waals surface area contributed by atoms with E-state index in [0.29, 0.717) is 13.1 Å². The van der Waals surface area contributed by atoms with Gasteiger partial charge in [-0.3, -0.25) is 14.7 Å². The van der Waals surface area contributed by atoms with Crippen LogP contribution in [0, 0.1) is 11.3 Å². The minimum atomic E-state index is -0.271. The zero-order chi connectivity index (χ0) is 22.6. The van der Waals surface area contributed by atoms with Crippen molar-refractivity contribution in [1.82, 2.24) is 14.8 Å². The molecule has 1 N–H and O–H groups in total. The van der Waals surface area contributed by atoms with E-state index in [0.717, 1.165) is 30.9 Å². The molecule has 1 unspecified atom stereocenters. The van der Waals surface area contributed by atoms with Crippen LogP contribution in [0.5, 0.6) is 0 Å². The highest BCUT2D eigenvalue weighted by Crippen LogP contribution is 2.20. The molecule has 0 aliphatic carbocycles. The van der Waals surface area contributed by atoms with Crippen LogP contribution in [-0.2, 0) is 11.3 Å². The number of carbonyl (C=O) groups is 1. The summed E-state index contributed by atoms with van der Waals surface area (Å²) < 4.78 is 0. The van der Waals surface area contributed by atoms with Crippen LogP contribution in [-0.4, -0.2) is 46.9 Å². The molecule has 6 nitrogen and oxygen atoms in total. The number of pyridine rings is 1. The van der Waals surface area contributed by atoms with Crippen molar-refractivity contribution in [3.05, 3.63) is 96.3 Å². The van der Waals surface area contributed by atoms with Gasteiger partial charge in [0.15, 0.2) is 0 Å². The van der Waals surface area contributed by atoms with E-state index in [-0.39, 0.29) is 11.9 Å². The van der Waals surface area contributed by atoms with Crippen LogP contribution >= 0.6 is 0 Å². The SMILES string of the molecule is CC(=O)N1CCN(C(C#N)c2cccnc2)CC1.c1ccc(CNc2ccccc2)cc1. The number of aromatic nitrogens is 1. The lowest BCUT2D eigenvalue weighted by Gasteiger charge is -2.36. The summed E-state index contributed by atoms with van der Waals surface area (Å²) in [6.07, 6.45) is 3.43. The molecule has 6 heteroatoms. The molecule has 3 aromatic rings. The van der Waals surface area contributed by atoms with E-state index in [9.17, 15) is 10.1 Å². The zero-order valence-corrected chi connectivity index (χ0v) is 18.4. The van der Waals surface area contributed by atoms with Crippen molar-refractivity contribution < 1.29 is 4.79 Å². The molecule has 1 amide bonds. The molecule has 4 rings (SSSR count). The Morgan fingerprint density at radius 3 is 2.22 bits per heavy atom. The summed E-state index contributed by atoms with van der Waals surface area (Å²) in [4.78, 5) is 19.2. The van der Waals surface area contributed by atoms with Crippen LogP contribution in [0.25, 0.3) is 0 Å². The standard InChI is InChI=1S/C13H16N4O.C13H13N/c1-11(18)16-5-7-17(8-6-16)13(9-14)12-3-2-4-15-10-12;1-3-7-12(8-4-1)11-14-13-9-5-2-6-10-13/h2-4,10,13H,5-8H2,1H3;1-10,14H,11H2. The molecule has 1 aromatic heterocycles. The second-order valence-electron chi connectivity index (χ2n) is 7.57. The average Bonchev–Trinajstić information content (AvgIpc) is 2.86. The first-order valence-corrected chi connectivity index (χ1v) is 10.8. The number of nitrogens with zero attached hydrogens (tertiary/aromatic N) is 4. The van der Waals surface area contributed by atoms with Gasteiger partial charge in [0, 0.05) is 63.3 Å². The summed E-state index contributed by atoms with van der Waals surface area (Å²) in [5.41, 5.74) is 3.38. The van der Waals surface area contributed by atoms with E-state index in [1.54, 1.807) is 19.3 Å². The normalized spacial score (nSPS) is 14.4. The van der Waals surface area contributed by atoms with Gasteiger partial charge in [0.2, 0.25) is 5.91 Å². The van der Waals surface area contributed by atoms with E-state index in [4.69, 9.17) is 0 Å². The van der Waals surface area contributed by atoms with E-state index in [1.807, 2.05) is 41.3 Å². The fourth-order valence-electron chi connectivity index (χ4n) is 3.56. The Morgan fingerprint density at radius 1 is 1.00 bits per heavy atom. The molecule has 1 saturated heterocycles. The average molecular weight is 428 g/mol. The number of hydrogen-bond donors (Lipinski definition) is 1. The summed E-state index contributed by atoms with van der Waals surface area (Å²) in [5.74, 6) is 0.101. The number of nitrogens with one attached hydrogen (secondary N) is 1. The molecule has 0 saturated carbocycles. The van der Waals surface area contributed by atoms with E-state index in [1.165, 1.54) is 5.56 Å². The van der Waals surface area contributed by atoms with Gasteiger partial charge in [0.25, 0.3) is 0 Å². The van der Waals surface area contributed by atoms with E-state index >= 15 is 0 Å². The van der Waals surface area contributed by atoms with Crippen molar-refractivity contribution in [2.24, 2.45) is 0 Å². The molecular weight excluding hydrogens is 398 g/mol. The maximum Gasteiger partial charge on any atom is 0.219 e. The lowest BCUT2D eigenvalue weighted by atomic mass is 10.1. The van der Waals surface area contributed by atoms with Gasteiger partial charge >= 0.3 is 0 Å². The molecule has 1 aliphatic rings.